The molecular weight excluding hydrogens is 298 g/mol. The molecule has 0 aromatic carbocycles. The van der Waals surface area contributed by atoms with Crippen LogP contribution in [0.5, 0.6) is 0 Å². The summed E-state index contributed by atoms with van der Waals surface area (Å²) in [5.74, 6) is 0.180. The first-order valence-corrected chi connectivity index (χ1v) is 7.62. The van der Waals surface area contributed by atoms with Gasteiger partial charge in [0.1, 0.15) is 12.4 Å². The van der Waals surface area contributed by atoms with E-state index in [0.717, 1.165) is 47.6 Å². The monoisotopic (exact) mass is 317 g/mol. The predicted molar refractivity (Wildman–Crippen MR) is 83.4 cm³/mol. The van der Waals surface area contributed by atoms with E-state index in [9.17, 15) is 9.59 Å². The molecule has 0 atom stereocenters. The topological polar surface area (TPSA) is 102 Å². The Bertz CT molecular complexity index is 793. The van der Waals surface area contributed by atoms with Crippen LogP contribution in [0, 0.1) is 6.92 Å². The predicted octanol–water partition coefficient (Wildman–Crippen LogP) is 0.781. The van der Waals surface area contributed by atoms with Gasteiger partial charge in [0, 0.05) is 25.4 Å². The molecule has 2 aromatic heterocycles. The van der Waals surface area contributed by atoms with Crippen molar-refractivity contribution in [1.82, 2.24) is 19.1 Å². The molecule has 2 aromatic rings. The Morgan fingerprint density at radius 3 is 3.04 bits per heavy atom. The van der Waals surface area contributed by atoms with Gasteiger partial charge in [-0.3, -0.25) is 14.2 Å². The van der Waals surface area contributed by atoms with Crippen LogP contribution in [0.2, 0.25) is 0 Å². The Balaban J connectivity index is 1.80. The van der Waals surface area contributed by atoms with Crippen LogP contribution < -0.4 is 10.9 Å². The lowest BCUT2D eigenvalue weighted by molar-refractivity contribution is -0.137. The van der Waals surface area contributed by atoms with E-state index in [1.807, 2.05) is 6.92 Å². The summed E-state index contributed by atoms with van der Waals surface area (Å²) in [6.45, 7) is 2.97. The van der Waals surface area contributed by atoms with Gasteiger partial charge in [0.2, 0.25) is 0 Å². The molecule has 3 heterocycles. The van der Waals surface area contributed by atoms with Crippen LogP contribution in [0.15, 0.2) is 17.2 Å². The van der Waals surface area contributed by atoms with Gasteiger partial charge < -0.3 is 15.0 Å². The van der Waals surface area contributed by atoms with Crippen molar-refractivity contribution in [2.24, 2.45) is 0 Å². The Morgan fingerprint density at radius 2 is 2.26 bits per heavy atom. The first-order valence-electron chi connectivity index (χ1n) is 7.62. The molecule has 1 aliphatic rings. The maximum absolute atomic E-state index is 12.2. The number of nitrogens with one attached hydrogen (secondary N) is 1. The van der Waals surface area contributed by atoms with E-state index in [4.69, 9.17) is 5.11 Å². The van der Waals surface area contributed by atoms with Gasteiger partial charge in [0.15, 0.2) is 5.82 Å². The molecular formula is C15H19N5O3. The molecule has 1 aliphatic heterocycles. The van der Waals surface area contributed by atoms with Crippen LogP contribution in [0.1, 0.15) is 30.1 Å². The van der Waals surface area contributed by atoms with E-state index in [1.54, 1.807) is 0 Å². The quantitative estimate of drug-likeness (QED) is 0.845. The standard InChI is InChI=1S/C15H19N5O3/c1-10-11(20-6-3-2-4-12(20)18-10)8-17-14-15(23)19(7-5-16-14)9-13(21)22/h5,7H,2-4,6,8-9H2,1H3,(H,16,17)(H,21,22). The Kier molecular flexibility index (Phi) is 4.14. The van der Waals surface area contributed by atoms with Gasteiger partial charge in [-0.2, -0.15) is 0 Å². The third-order valence-corrected chi connectivity index (χ3v) is 4.03. The van der Waals surface area contributed by atoms with Crippen LogP contribution in [0.4, 0.5) is 5.82 Å². The molecule has 8 nitrogen and oxygen atoms in total. The average Bonchev–Trinajstić information content (AvgIpc) is 2.83. The lowest BCUT2D eigenvalue weighted by Crippen LogP contribution is -2.27. The minimum atomic E-state index is -1.06. The number of hydrogen-bond acceptors (Lipinski definition) is 5. The van der Waals surface area contributed by atoms with Gasteiger partial charge in [-0.1, -0.05) is 0 Å². The van der Waals surface area contributed by atoms with Crippen LogP contribution in [0.25, 0.3) is 0 Å². The second kappa shape index (κ2) is 6.23. The molecule has 0 radical (unpaired) electrons. The molecule has 3 rings (SSSR count). The highest BCUT2D eigenvalue weighted by molar-refractivity contribution is 5.66. The number of carboxylic acid groups (broad SMARTS) is 1. The van der Waals surface area contributed by atoms with Crippen LogP contribution in [0.3, 0.4) is 0 Å². The Morgan fingerprint density at radius 1 is 1.43 bits per heavy atom. The fraction of sp³-hybridized carbons (Fsp3) is 0.467. The molecule has 0 bridgehead atoms. The number of aryl methyl sites for hydroxylation is 2. The molecule has 0 spiro atoms. The fourth-order valence-electron chi connectivity index (χ4n) is 2.91. The number of anilines is 1. The molecule has 2 N–H and O–H groups in total. The number of carboxylic acids is 1. The minimum absolute atomic E-state index is 0.152. The van der Waals surface area contributed by atoms with Crippen LogP contribution in [-0.4, -0.2) is 30.2 Å². The number of hydrogen-bond donors (Lipinski definition) is 2. The summed E-state index contributed by atoms with van der Waals surface area (Å²) < 4.78 is 3.32. The number of rotatable bonds is 5. The van der Waals surface area contributed by atoms with Crippen LogP contribution in [-0.2, 0) is 30.8 Å². The van der Waals surface area contributed by atoms with Gasteiger partial charge in [-0.05, 0) is 19.8 Å². The van der Waals surface area contributed by atoms with Gasteiger partial charge >= 0.3 is 5.97 Å². The van der Waals surface area contributed by atoms with E-state index in [0.29, 0.717) is 6.54 Å². The number of aromatic nitrogens is 4. The molecule has 8 heteroatoms. The summed E-state index contributed by atoms with van der Waals surface area (Å²) in [5, 5.41) is 11.8. The Labute approximate surface area is 132 Å². The summed E-state index contributed by atoms with van der Waals surface area (Å²) in [5.41, 5.74) is 1.57. The van der Waals surface area contributed by atoms with E-state index in [1.165, 1.54) is 12.4 Å². The summed E-state index contributed by atoms with van der Waals surface area (Å²) in [6, 6.07) is 0. The third-order valence-electron chi connectivity index (χ3n) is 4.03. The van der Waals surface area contributed by atoms with Gasteiger partial charge in [-0.25, -0.2) is 9.97 Å². The molecule has 0 fully saturated rings. The highest BCUT2D eigenvalue weighted by Crippen LogP contribution is 2.19. The van der Waals surface area contributed by atoms with E-state index < -0.39 is 11.5 Å². The zero-order valence-electron chi connectivity index (χ0n) is 12.9. The maximum Gasteiger partial charge on any atom is 0.323 e. The second-order valence-corrected chi connectivity index (χ2v) is 5.63. The maximum atomic E-state index is 12.2. The molecule has 23 heavy (non-hydrogen) atoms. The summed E-state index contributed by atoms with van der Waals surface area (Å²) in [7, 11) is 0. The smallest absolute Gasteiger partial charge is 0.323 e. The van der Waals surface area contributed by atoms with E-state index in [2.05, 4.69) is 19.9 Å². The number of aliphatic carboxylic acids is 1. The Hall–Kier alpha value is -2.64. The summed E-state index contributed by atoms with van der Waals surface area (Å²) in [6.07, 6.45) is 6.06. The highest BCUT2D eigenvalue weighted by Gasteiger charge is 2.17. The number of imidazole rings is 1. The van der Waals surface area contributed by atoms with Crippen molar-refractivity contribution in [2.45, 2.75) is 45.8 Å². The normalized spacial score (nSPS) is 13.6. The van der Waals surface area contributed by atoms with Crippen molar-refractivity contribution in [2.75, 3.05) is 5.32 Å². The van der Waals surface area contributed by atoms with Crippen molar-refractivity contribution in [3.63, 3.8) is 0 Å². The zero-order valence-corrected chi connectivity index (χ0v) is 12.9. The third kappa shape index (κ3) is 3.10. The van der Waals surface area contributed by atoms with Crippen molar-refractivity contribution in [3.8, 4) is 0 Å². The van der Waals surface area contributed by atoms with Crippen molar-refractivity contribution in [3.05, 3.63) is 40.0 Å². The summed E-state index contributed by atoms with van der Waals surface area (Å²) in [4.78, 5) is 31.6. The highest BCUT2D eigenvalue weighted by atomic mass is 16.4. The first kappa shape index (κ1) is 15.3. The van der Waals surface area contributed by atoms with E-state index >= 15 is 0 Å². The van der Waals surface area contributed by atoms with Gasteiger partial charge in [-0.15, -0.1) is 0 Å². The van der Waals surface area contributed by atoms with E-state index in [-0.39, 0.29) is 12.4 Å². The minimum Gasteiger partial charge on any atom is -0.480 e. The SMILES string of the molecule is Cc1nc2n(c1CNc1nccn(CC(=O)O)c1=O)CCCC2. The molecule has 0 unspecified atom stereocenters. The lowest BCUT2D eigenvalue weighted by Gasteiger charge is -2.17. The lowest BCUT2D eigenvalue weighted by atomic mass is 10.1. The second-order valence-electron chi connectivity index (χ2n) is 5.63. The number of carbonyl (C=O) groups is 1. The first-order chi connectivity index (χ1) is 11.1. The van der Waals surface area contributed by atoms with Crippen molar-refractivity contribution in [1.29, 1.82) is 0 Å². The molecule has 0 aliphatic carbocycles. The van der Waals surface area contributed by atoms with Crippen molar-refractivity contribution < 1.29 is 9.90 Å². The molecule has 0 saturated heterocycles. The molecule has 122 valence electrons. The largest absolute Gasteiger partial charge is 0.480 e. The van der Waals surface area contributed by atoms with Gasteiger partial charge in [0.05, 0.1) is 17.9 Å². The molecule has 0 saturated carbocycles. The van der Waals surface area contributed by atoms with Crippen molar-refractivity contribution >= 4 is 11.8 Å². The summed E-state index contributed by atoms with van der Waals surface area (Å²) >= 11 is 0. The number of fused-ring (bicyclic) bond motifs is 1. The zero-order chi connectivity index (χ0) is 16.4. The van der Waals surface area contributed by atoms with Gasteiger partial charge in [0.25, 0.3) is 5.56 Å². The fourth-order valence-corrected chi connectivity index (χ4v) is 2.91. The number of nitrogens with zero attached hydrogens (tertiary/aromatic N) is 4. The van der Waals surface area contributed by atoms with Crippen LogP contribution >= 0.6 is 0 Å². The molecule has 0 amide bonds. The average molecular weight is 317 g/mol.